The van der Waals surface area contributed by atoms with E-state index in [4.69, 9.17) is 16.3 Å². The second kappa shape index (κ2) is 7.95. The number of carbonyl (C=O) groups excluding carboxylic acids is 1. The summed E-state index contributed by atoms with van der Waals surface area (Å²) in [6.45, 7) is 4.29. The van der Waals surface area contributed by atoms with Gasteiger partial charge in [0.1, 0.15) is 0 Å². The Balaban J connectivity index is 2.87. The standard InChI is InChI=1S/C16H19NO4/c1-4-10-17(11-12(3)15(18)19)14-8-6-13(7-9-14)16(20)21-5-2/h1,6-9,12H,5,10-11H2,2-3H3,(H,18,19). The van der Waals surface area contributed by atoms with Crippen molar-refractivity contribution in [3.8, 4) is 12.3 Å². The van der Waals surface area contributed by atoms with Gasteiger partial charge in [-0.1, -0.05) is 12.8 Å². The first-order valence-corrected chi connectivity index (χ1v) is 6.68. The molecule has 0 radical (unpaired) electrons. The lowest BCUT2D eigenvalue weighted by Gasteiger charge is -2.24. The van der Waals surface area contributed by atoms with Gasteiger partial charge in [0.2, 0.25) is 0 Å². The molecule has 0 aliphatic carbocycles. The number of carbonyl (C=O) groups is 2. The van der Waals surface area contributed by atoms with Gasteiger partial charge in [0.15, 0.2) is 0 Å². The van der Waals surface area contributed by atoms with Gasteiger partial charge in [0, 0.05) is 12.2 Å². The highest BCUT2D eigenvalue weighted by Gasteiger charge is 2.16. The van der Waals surface area contributed by atoms with Crippen molar-refractivity contribution in [3.05, 3.63) is 29.8 Å². The summed E-state index contributed by atoms with van der Waals surface area (Å²) in [5.74, 6) is 0.713. The van der Waals surface area contributed by atoms with Gasteiger partial charge in [0.05, 0.1) is 24.6 Å². The third-order valence-corrected chi connectivity index (χ3v) is 2.94. The van der Waals surface area contributed by atoms with Crippen molar-refractivity contribution in [1.82, 2.24) is 0 Å². The molecule has 1 aromatic rings. The van der Waals surface area contributed by atoms with Crippen LogP contribution in [0.1, 0.15) is 24.2 Å². The summed E-state index contributed by atoms with van der Waals surface area (Å²) in [5.41, 5.74) is 1.22. The van der Waals surface area contributed by atoms with Crippen molar-refractivity contribution in [1.29, 1.82) is 0 Å². The molecule has 1 atom stereocenters. The maximum Gasteiger partial charge on any atom is 0.338 e. The summed E-state index contributed by atoms with van der Waals surface area (Å²) in [6.07, 6.45) is 5.32. The van der Waals surface area contributed by atoms with Crippen molar-refractivity contribution in [2.45, 2.75) is 13.8 Å². The predicted octanol–water partition coefficient (Wildman–Crippen LogP) is 2.02. The van der Waals surface area contributed by atoms with Crippen LogP contribution in [-0.2, 0) is 9.53 Å². The van der Waals surface area contributed by atoms with Crippen LogP contribution in [0.5, 0.6) is 0 Å². The summed E-state index contributed by atoms with van der Waals surface area (Å²) in [4.78, 5) is 24.3. The van der Waals surface area contributed by atoms with Crippen molar-refractivity contribution >= 4 is 17.6 Å². The molecule has 0 amide bonds. The highest BCUT2D eigenvalue weighted by atomic mass is 16.5. The summed E-state index contributed by atoms with van der Waals surface area (Å²) >= 11 is 0. The Bertz CT molecular complexity index is 530. The third-order valence-electron chi connectivity index (χ3n) is 2.94. The Morgan fingerprint density at radius 3 is 2.48 bits per heavy atom. The molecule has 112 valence electrons. The number of carboxylic acids is 1. The normalized spacial score (nSPS) is 11.3. The highest BCUT2D eigenvalue weighted by molar-refractivity contribution is 5.89. The van der Waals surface area contributed by atoms with E-state index in [1.54, 1.807) is 43.0 Å². The molecule has 0 spiro atoms. The van der Waals surface area contributed by atoms with Gasteiger partial charge < -0.3 is 14.7 Å². The Morgan fingerprint density at radius 1 is 1.38 bits per heavy atom. The zero-order valence-electron chi connectivity index (χ0n) is 12.2. The van der Waals surface area contributed by atoms with E-state index >= 15 is 0 Å². The second-order valence-corrected chi connectivity index (χ2v) is 4.59. The van der Waals surface area contributed by atoms with Crippen LogP contribution >= 0.6 is 0 Å². The largest absolute Gasteiger partial charge is 0.481 e. The van der Waals surface area contributed by atoms with E-state index in [9.17, 15) is 9.59 Å². The van der Waals surface area contributed by atoms with Gasteiger partial charge in [-0.2, -0.15) is 0 Å². The molecule has 0 heterocycles. The van der Waals surface area contributed by atoms with E-state index in [0.717, 1.165) is 5.69 Å². The summed E-state index contributed by atoms with van der Waals surface area (Å²) < 4.78 is 4.91. The number of esters is 1. The SMILES string of the molecule is C#CCN(CC(C)C(=O)O)c1ccc(C(=O)OCC)cc1. The van der Waals surface area contributed by atoms with E-state index in [1.807, 2.05) is 0 Å². The van der Waals surface area contributed by atoms with Gasteiger partial charge in [0.25, 0.3) is 0 Å². The number of nitrogens with zero attached hydrogens (tertiary/aromatic N) is 1. The molecule has 1 aromatic carbocycles. The molecule has 0 saturated carbocycles. The zero-order chi connectivity index (χ0) is 15.8. The Morgan fingerprint density at radius 2 is 2.00 bits per heavy atom. The first-order chi connectivity index (χ1) is 9.99. The smallest absolute Gasteiger partial charge is 0.338 e. The lowest BCUT2D eigenvalue weighted by molar-refractivity contribution is -0.140. The number of carboxylic acid groups (broad SMARTS) is 1. The van der Waals surface area contributed by atoms with Crippen LogP contribution in [0.3, 0.4) is 0 Å². The summed E-state index contributed by atoms with van der Waals surface area (Å²) in [6, 6.07) is 6.75. The highest BCUT2D eigenvalue weighted by Crippen LogP contribution is 2.17. The quantitative estimate of drug-likeness (QED) is 0.614. The minimum Gasteiger partial charge on any atom is -0.481 e. The fourth-order valence-electron chi connectivity index (χ4n) is 1.80. The molecule has 1 N–H and O–H groups in total. The molecular weight excluding hydrogens is 270 g/mol. The van der Waals surface area contributed by atoms with Crippen LogP contribution in [0.2, 0.25) is 0 Å². The summed E-state index contributed by atoms with van der Waals surface area (Å²) in [5, 5.41) is 8.98. The maximum atomic E-state index is 11.6. The number of rotatable bonds is 7. The van der Waals surface area contributed by atoms with Crippen LogP contribution in [-0.4, -0.2) is 36.7 Å². The van der Waals surface area contributed by atoms with Gasteiger partial charge in [-0.15, -0.1) is 6.42 Å². The molecule has 21 heavy (non-hydrogen) atoms. The van der Waals surface area contributed by atoms with E-state index in [1.165, 1.54) is 0 Å². The van der Waals surface area contributed by atoms with Crippen molar-refractivity contribution in [2.75, 3.05) is 24.6 Å². The number of anilines is 1. The number of aliphatic carboxylic acids is 1. The average Bonchev–Trinajstić information content (AvgIpc) is 2.47. The van der Waals surface area contributed by atoms with Crippen LogP contribution in [0.25, 0.3) is 0 Å². The first kappa shape index (κ1) is 16.6. The minimum atomic E-state index is -0.875. The Kier molecular flexibility index (Phi) is 6.28. The lowest BCUT2D eigenvalue weighted by atomic mass is 10.1. The van der Waals surface area contributed by atoms with Gasteiger partial charge in [-0.25, -0.2) is 4.79 Å². The third kappa shape index (κ3) is 4.84. The van der Waals surface area contributed by atoms with Gasteiger partial charge in [-0.05, 0) is 31.2 Å². The van der Waals surface area contributed by atoms with Crippen LogP contribution in [0.15, 0.2) is 24.3 Å². The fraction of sp³-hybridized carbons (Fsp3) is 0.375. The molecule has 5 nitrogen and oxygen atoms in total. The lowest BCUT2D eigenvalue weighted by Crippen LogP contribution is -2.32. The molecule has 0 fully saturated rings. The van der Waals surface area contributed by atoms with Crippen molar-refractivity contribution < 1.29 is 19.4 Å². The molecule has 1 unspecified atom stereocenters. The van der Waals surface area contributed by atoms with Crippen LogP contribution in [0.4, 0.5) is 5.69 Å². The first-order valence-electron chi connectivity index (χ1n) is 6.68. The Labute approximate surface area is 124 Å². The van der Waals surface area contributed by atoms with E-state index in [0.29, 0.717) is 25.3 Å². The minimum absolute atomic E-state index is 0.302. The van der Waals surface area contributed by atoms with E-state index < -0.39 is 11.9 Å². The monoisotopic (exact) mass is 289 g/mol. The number of hydrogen-bond acceptors (Lipinski definition) is 4. The average molecular weight is 289 g/mol. The number of hydrogen-bond donors (Lipinski definition) is 1. The zero-order valence-corrected chi connectivity index (χ0v) is 12.2. The van der Waals surface area contributed by atoms with Crippen LogP contribution in [0, 0.1) is 18.3 Å². The van der Waals surface area contributed by atoms with Gasteiger partial charge >= 0.3 is 11.9 Å². The maximum absolute atomic E-state index is 11.6. The van der Waals surface area contributed by atoms with Crippen molar-refractivity contribution in [3.63, 3.8) is 0 Å². The predicted molar refractivity (Wildman–Crippen MR) is 80.2 cm³/mol. The van der Waals surface area contributed by atoms with Crippen LogP contribution < -0.4 is 4.90 Å². The molecule has 0 aromatic heterocycles. The topological polar surface area (TPSA) is 66.8 Å². The molecule has 1 rings (SSSR count). The number of benzene rings is 1. The van der Waals surface area contributed by atoms with E-state index in [2.05, 4.69) is 5.92 Å². The molecule has 5 heteroatoms. The molecule has 0 aliphatic heterocycles. The molecule has 0 aliphatic rings. The number of terminal acetylenes is 1. The Hall–Kier alpha value is -2.48. The number of ether oxygens (including phenoxy) is 1. The fourth-order valence-corrected chi connectivity index (χ4v) is 1.80. The second-order valence-electron chi connectivity index (χ2n) is 4.59. The summed E-state index contributed by atoms with van der Waals surface area (Å²) in [7, 11) is 0. The molecule has 0 bridgehead atoms. The van der Waals surface area contributed by atoms with Crippen molar-refractivity contribution in [2.24, 2.45) is 5.92 Å². The molecule has 0 saturated heterocycles. The molecular formula is C16H19NO4. The van der Waals surface area contributed by atoms with E-state index in [-0.39, 0.29) is 5.97 Å². The van der Waals surface area contributed by atoms with Gasteiger partial charge in [-0.3, -0.25) is 4.79 Å².